The number of esters is 1. The minimum Gasteiger partial charge on any atom is -0.496 e. The van der Waals surface area contributed by atoms with Gasteiger partial charge in [-0.3, -0.25) is 0 Å². The first-order chi connectivity index (χ1) is 11.2. The summed E-state index contributed by atoms with van der Waals surface area (Å²) in [6.45, 7) is 1.53. The molecular weight excluding hydrogens is 290 g/mol. The van der Waals surface area contributed by atoms with Crippen LogP contribution in [0.3, 0.4) is 0 Å². The molecule has 0 aromatic heterocycles. The van der Waals surface area contributed by atoms with E-state index in [2.05, 4.69) is 0 Å². The summed E-state index contributed by atoms with van der Waals surface area (Å²) in [7, 11) is 1.57. The van der Waals surface area contributed by atoms with E-state index in [0.29, 0.717) is 16.9 Å². The van der Waals surface area contributed by atoms with Gasteiger partial charge in [-0.2, -0.15) is 5.26 Å². The zero-order valence-corrected chi connectivity index (χ0v) is 13.0. The van der Waals surface area contributed by atoms with E-state index in [1.807, 2.05) is 60.7 Å². The van der Waals surface area contributed by atoms with Crippen LogP contribution in [-0.2, 0) is 9.53 Å². The highest BCUT2D eigenvalue weighted by Gasteiger charge is 2.17. The molecule has 1 unspecified atom stereocenters. The Hall–Kier alpha value is -3.06. The molecule has 0 saturated heterocycles. The first-order valence-electron chi connectivity index (χ1n) is 7.16. The molecule has 0 amide bonds. The summed E-state index contributed by atoms with van der Waals surface area (Å²) in [5.74, 6) is 0.109. The molecule has 0 radical (unpaired) electrons. The van der Waals surface area contributed by atoms with Crippen molar-refractivity contribution in [1.29, 1.82) is 5.26 Å². The second kappa shape index (κ2) is 7.81. The van der Waals surface area contributed by atoms with Crippen LogP contribution in [0.1, 0.15) is 18.1 Å². The minimum absolute atomic E-state index is 0.372. The third-order valence-corrected chi connectivity index (χ3v) is 3.21. The molecule has 4 heteroatoms. The summed E-state index contributed by atoms with van der Waals surface area (Å²) in [6.07, 6.45) is 0.896. The smallest absolute Gasteiger partial charge is 0.340 e. The molecule has 0 aliphatic carbocycles. The highest BCUT2D eigenvalue weighted by atomic mass is 16.5. The van der Waals surface area contributed by atoms with Crippen LogP contribution in [0.2, 0.25) is 0 Å². The molecule has 2 aromatic carbocycles. The Balaban J connectivity index is 2.47. The van der Waals surface area contributed by atoms with Crippen molar-refractivity contribution in [3.63, 3.8) is 0 Å². The average Bonchev–Trinajstić information content (AvgIpc) is 2.60. The number of nitrogens with zero attached hydrogens (tertiary/aromatic N) is 1. The van der Waals surface area contributed by atoms with Crippen LogP contribution in [0.4, 0.5) is 0 Å². The first-order valence-corrected chi connectivity index (χ1v) is 7.16. The van der Waals surface area contributed by atoms with Gasteiger partial charge in [0.1, 0.15) is 11.8 Å². The molecule has 116 valence electrons. The van der Waals surface area contributed by atoms with Crippen molar-refractivity contribution in [3.05, 3.63) is 65.7 Å². The van der Waals surface area contributed by atoms with Crippen molar-refractivity contribution < 1.29 is 14.3 Å². The first kappa shape index (κ1) is 16.3. The van der Waals surface area contributed by atoms with Crippen LogP contribution < -0.4 is 4.74 Å². The number of methoxy groups -OCH3 is 1. The third kappa shape index (κ3) is 4.21. The monoisotopic (exact) mass is 307 g/mol. The number of carbonyl (C=O) groups is 1. The molecule has 0 aliphatic heterocycles. The Kier molecular flexibility index (Phi) is 5.54. The molecule has 0 saturated carbocycles. The molecule has 4 nitrogen and oxygen atoms in total. The minimum atomic E-state index is -0.813. The number of benzene rings is 2. The molecule has 23 heavy (non-hydrogen) atoms. The van der Waals surface area contributed by atoms with Gasteiger partial charge in [0, 0.05) is 5.56 Å². The van der Waals surface area contributed by atoms with Gasteiger partial charge in [0.2, 0.25) is 0 Å². The Bertz CT molecular complexity index is 745. The van der Waals surface area contributed by atoms with Crippen LogP contribution in [0.5, 0.6) is 5.75 Å². The van der Waals surface area contributed by atoms with Crippen molar-refractivity contribution >= 4 is 17.6 Å². The fourth-order valence-corrected chi connectivity index (χ4v) is 2.07. The van der Waals surface area contributed by atoms with E-state index in [-0.39, 0.29) is 0 Å². The van der Waals surface area contributed by atoms with E-state index >= 15 is 0 Å². The molecule has 0 aliphatic rings. The van der Waals surface area contributed by atoms with Gasteiger partial charge in [0.05, 0.1) is 12.7 Å². The molecule has 2 rings (SSSR count). The number of nitriles is 1. The predicted molar refractivity (Wildman–Crippen MR) is 88.5 cm³/mol. The van der Waals surface area contributed by atoms with Crippen molar-refractivity contribution in [2.24, 2.45) is 0 Å². The van der Waals surface area contributed by atoms with Gasteiger partial charge in [0.25, 0.3) is 0 Å². The predicted octanol–water partition coefficient (Wildman–Crippen LogP) is 3.69. The summed E-state index contributed by atoms with van der Waals surface area (Å²) in [4.78, 5) is 12.4. The van der Waals surface area contributed by atoms with Gasteiger partial charge in [-0.1, -0.05) is 48.5 Å². The number of hydrogen-bond acceptors (Lipinski definition) is 4. The molecule has 0 N–H and O–H groups in total. The Labute approximate surface area is 135 Å². The number of hydrogen-bond donors (Lipinski definition) is 0. The number of ether oxygens (including phenoxy) is 2. The van der Waals surface area contributed by atoms with E-state index in [9.17, 15) is 4.79 Å². The van der Waals surface area contributed by atoms with Gasteiger partial charge in [-0.15, -0.1) is 0 Å². The molecule has 2 aromatic rings. The van der Waals surface area contributed by atoms with E-state index in [1.165, 1.54) is 6.92 Å². The van der Waals surface area contributed by atoms with Gasteiger partial charge in [-0.05, 0) is 24.6 Å². The lowest BCUT2D eigenvalue weighted by molar-refractivity contribution is -0.138. The summed E-state index contributed by atoms with van der Waals surface area (Å²) < 4.78 is 10.5. The zero-order valence-electron chi connectivity index (χ0n) is 13.0. The molecule has 1 atom stereocenters. The van der Waals surface area contributed by atoms with Crippen molar-refractivity contribution in [2.75, 3.05) is 7.11 Å². The molecule has 0 bridgehead atoms. The fraction of sp³-hybridized carbons (Fsp3) is 0.158. The summed E-state index contributed by atoms with van der Waals surface area (Å²) in [6, 6.07) is 18.5. The van der Waals surface area contributed by atoms with Gasteiger partial charge in [-0.25, -0.2) is 4.79 Å². The summed E-state index contributed by atoms with van der Waals surface area (Å²) in [5, 5.41) is 8.84. The van der Waals surface area contributed by atoms with Crippen LogP contribution in [0.25, 0.3) is 11.6 Å². The van der Waals surface area contributed by atoms with Gasteiger partial charge >= 0.3 is 5.97 Å². The Morgan fingerprint density at radius 1 is 1.13 bits per heavy atom. The third-order valence-electron chi connectivity index (χ3n) is 3.21. The van der Waals surface area contributed by atoms with Crippen molar-refractivity contribution in [2.45, 2.75) is 13.0 Å². The Morgan fingerprint density at radius 2 is 1.78 bits per heavy atom. The molecule has 0 heterocycles. The summed E-state index contributed by atoms with van der Waals surface area (Å²) >= 11 is 0. The quantitative estimate of drug-likeness (QED) is 0.480. The van der Waals surface area contributed by atoms with E-state index in [4.69, 9.17) is 14.7 Å². The van der Waals surface area contributed by atoms with E-state index < -0.39 is 12.1 Å². The largest absolute Gasteiger partial charge is 0.496 e. The summed E-state index contributed by atoms with van der Waals surface area (Å²) in [5.41, 5.74) is 1.85. The van der Waals surface area contributed by atoms with E-state index in [1.54, 1.807) is 13.2 Å². The van der Waals surface area contributed by atoms with Crippen LogP contribution >= 0.6 is 0 Å². The lowest BCUT2D eigenvalue weighted by Gasteiger charge is -2.11. The maximum absolute atomic E-state index is 12.4. The normalized spacial score (nSPS) is 12.1. The second-order valence-electron chi connectivity index (χ2n) is 4.84. The SMILES string of the molecule is COc1ccccc1C=C(C(=O)OC(C)C#N)c1ccccc1. The molecule has 0 fully saturated rings. The maximum atomic E-state index is 12.4. The standard InChI is InChI=1S/C19H17NO3/c1-14(13-20)23-19(21)17(15-8-4-3-5-9-15)12-16-10-6-7-11-18(16)22-2/h3-12,14H,1-2H3. The number of rotatable bonds is 5. The van der Waals surface area contributed by atoms with Crippen molar-refractivity contribution in [1.82, 2.24) is 0 Å². The maximum Gasteiger partial charge on any atom is 0.340 e. The molecule has 0 spiro atoms. The topological polar surface area (TPSA) is 59.3 Å². The fourth-order valence-electron chi connectivity index (χ4n) is 2.07. The van der Waals surface area contributed by atoms with Crippen LogP contribution in [0.15, 0.2) is 54.6 Å². The lowest BCUT2D eigenvalue weighted by atomic mass is 10.0. The number of carbonyl (C=O) groups excluding carboxylic acids is 1. The van der Waals surface area contributed by atoms with Crippen LogP contribution in [-0.4, -0.2) is 19.2 Å². The van der Waals surface area contributed by atoms with Crippen molar-refractivity contribution in [3.8, 4) is 11.8 Å². The zero-order chi connectivity index (χ0) is 16.7. The lowest BCUT2D eigenvalue weighted by Crippen LogP contribution is -2.14. The van der Waals surface area contributed by atoms with Gasteiger partial charge < -0.3 is 9.47 Å². The highest BCUT2D eigenvalue weighted by Crippen LogP contribution is 2.25. The average molecular weight is 307 g/mol. The van der Waals surface area contributed by atoms with Crippen LogP contribution in [0, 0.1) is 11.3 Å². The Morgan fingerprint density at radius 3 is 2.43 bits per heavy atom. The highest BCUT2D eigenvalue weighted by molar-refractivity contribution is 6.21. The van der Waals surface area contributed by atoms with Gasteiger partial charge in [0.15, 0.2) is 6.10 Å². The second-order valence-corrected chi connectivity index (χ2v) is 4.84. The number of para-hydroxylation sites is 1. The molecular formula is C19H17NO3. The van der Waals surface area contributed by atoms with E-state index in [0.717, 1.165) is 5.56 Å².